The maximum absolute atomic E-state index is 9.75. The van der Waals surface area contributed by atoms with Gasteiger partial charge in [-0.25, -0.2) is 0 Å². The number of hydrogen-bond acceptors (Lipinski definition) is 5. The topological polar surface area (TPSA) is 74.1 Å². The lowest BCUT2D eigenvalue weighted by Gasteiger charge is -2.27. The first kappa shape index (κ1) is 17.0. The molecule has 1 heterocycles. The quantitative estimate of drug-likeness (QED) is 0.619. The number of nitrogens with zero attached hydrogens (tertiary/aromatic N) is 1. The van der Waals surface area contributed by atoms with Crippen LogP contribution in [0.15, 0.2) is 77.9 Å². The number of fused-ring (bicyclic) bond motifs is 1. The van der Waals surface area contributed by atoms with Gasteiger partial charge >= 0.3 is 0 Å². The Morgan fingerprint density at radius 3 is 2.44 bits per heavy atom. The molecule has 136 valence electrons. The summed E-state index contributed by atoms with van der Waals surface area (Å²) >= 11 is 0. The molecule has 3 aromatic rings. The van der Waals surface area contributed by atoms with Gasteiger partial charge in [0.25, 0.3) is 0 Å². The number of hydrazone groups is 1. The molecule has 0 spiro atoms. The number of benzene rings is 3. The average Bonchev–Trinajstić information content (AvgIpc) is 2.69. The van der Waals surface area contributed by atoms with Gasteiger partial charge in [-0.3, -0.25) is 0 Å². The minimum absolute atomic E-state index is 0.0779. The van der Waals surface area contributed by atoms with Crippen molar-refractivity contribution in [2.45, 2.75) is 12.5 Å². The number of phenolic OH excluding ortho intramolecular Hbond substituents is 2. The molecular weight excluding hydrogens is 340 g/mol. The minimum Gasteiger partial charge on any atom is -0.508 e. The molecule has 1 atom stereocenters. The summed E-state index contributed by atoms with van der Waals surface area (Å²) in [5.41, 5.74) is 7.00. The third kappa shape index (κ3) is 3.72. The van der Waals surface area contributed by atoms with Crippen LogP contribution in [0.3, 0.4) is 0 Å². The first-order valence-corrected chi connectivity index (χ1v) is 8.80. The number of hydrogen-bond donors (Lipinski definition) is 3. The molecule has 1 aliphatic rings. The summed E-state index contributed by atoms with van der Waals surface area (Å²) in [5, 5.41) is 24.0. The number of phenols is 2. The van der Waals surface area contributed by atoms with Crippen molar-refractivity contribution in [2.24, 2.45) is 5.10 Å². The summed E-state index contributed by atoms with van der Waals surface area (Å²) in [6.45, 7) is 1.02. The van der Waals surface area contributed by atoms with Gasteiger partial charge in [0.1, 0.15) is 23.9 Å². The molecule has 3 N–H and O–H groups in total. The van der Waals surface area contributed by atoms with Crippen LogP contribution in [0.1, 0.15) is 22.6 Å². The van der Waals surface area contributed by atoms with Gasteiger partial charge in [-0.05, 0) is 35.4 Å². The Morgan fingerprint density at radius 2 is 1.67 bits per heavy atom. The second-order valence-electron chi connectivity index (χ2n) is 6.45. The van der Waals surface area contributed by atoms with Crippen molar-refractivity contribution in [1.82, 2.24) is 5.43 Å². The molecule has 1 aliphatic heterocycles. The van der Waals surface area contributed by atoms with Gasteiger partial charge in [-0.1, -0.05) is 42.5 Å². The fourth-order valence-corrected chi connectivity index (χ4v) is 3.19. The summed E-state index contributed by atoms with van der Waals surface area (Å²) in [5.74, 6) is 0.922. The van der Waals surface area contributed by atoms with E-state index in [1.807, 2.05) is 48.5 Å². The van der Waals surface area contributed by atoms with Crippen molar-refractivity contribution in [3.63, 3.8) is 0 Å². The molecule has 0 amide bonds. The normalized spacial score (nSPS) is 17.2. The predicted octanol–water partition coefficient (Wildman–Crippen LogP) is 3.77. The van der Waals surface area contributed by atoms with Crippen LogP contribution in [0.4, 0.5) is 0 Å². The highest BCUT2D eigenvalue weighted by atomic mass is 16.5. The first-order valence-electron chi connectivity index (χ1n) is 8.80. The van der Waals surface area contributed by atoms with Gasteiger partial charge in [-0.15, -0.1) is 0 Å². The van der Waals surface area contributed by atoms with Crippen LogP contribution >= 0.6 is 0 Å². The van der Waals surface area contributed by atoms with Crippen LogP contribution in [0, 0.1) is 0 Å². The van der Waals surface area contributed by atoms with Crippen molar-refractivity contribution >= 4 is 5.71 Å². The van der Waals surface area contributed by atoms with Gasteiger partial charge in [0.2, 0.25) is 0 Å². The molecule has 0 fully saturated rings. The lowest BCUT2D eigenvalue weighted by Crippen LogP contribution is -2.28. The Labute approximate surface area is 157 Å². The number of aromatic hydroxyl groups is 2. The zero-order valence-electron chi connectivity index (χ0n) is 14.7. The molecular formula is C22H20N2O3. The summed E-state index contributed by atoms with van der Waals surface area (Å²) in [6, 6.07) is 22.2. The highest BCUT2D eigenvalue weighted by Crippen LogP contribution is 2.35. The number of rotatable bonds is 4. The standard InChI is InChI=1S/C22H20N2O3/c25-17-8-6-16(7-9-17)20-14-27-21-12-18(26)10-11-19(21)22(20)24-23-13-15-4-2-1-3-5-15/h1-12,20,23,25-26H,13-14H2. The Hall–Kier alpha value is -3.47. The largest absolute Gasteiger partial charge is 0.508 e. The van der Waals surface area contributed by atoms with E-state index in [1.54, 1.807) is 24.3 Å². The zero-order chi connectivity index (χ0) is 18.6. The van der Waals surface area contributed by atoms with Gasteiger partial charge < -0.3 is 20.4 Å². The van der Waals surface area contributed by atoms with Crippen molar-refractivity contribution < 1.29 is 14.9 Å². The lowest BCUT2D eigenvalue weighted by molar-refractivity contribution is 0.300. The van der Waals surface area contributed by atoms with Gasteiger partial charge in [0.15, 0.2) is 0 Å². The SMILES string of the molecule is Oc1ccc(C2COc3cc(O)ccc3C2=NNCc2ccccc2)cc1. The Morgan fingerprint density at radius 1 is 0.926 bits per heavy atom. The zero-order valence-corrected chi connectivity index (χ0v) is 14.7. The van der Waals surface area contributed by atoms with Crippen LogP contribution in [-0.4, -0.2) is 22.5 Å². The molecule has 0 saturated heterocycles. The van der Waals surface area contributed by atoms with E-state index in [4.69, 9.17) is 4.74 Å². The van der Waals surface area contributed by atoms with E-state index in [0.717, 1.165) is 22.4 Å². The van der Waals surface area contributed by atoms with Crippen LogP contribution in [0.5, 0.6) is 17.2 Å². The van der Waals surface area contributed by atoms with Crippen LogP contribution < -0.4 is 10.2 Å². The average molecular weight is 360 g/mol. The van der Waals surface area contributed by atoms with Crippen molar-refractivity contribution in [2.75, 3.05) is 6.61 Å². The van der Waals surface area contributed by atoms with Crippen LogP contribution in [-0.2, 0) is 6.54 Å². The Bertz CT molecular complexity index is 953. The third-order valence-corrected chi connectivity index (χ3v) is 4.60. The highest BCUT2D eigenvalue weighted by molar-refractivity contribution is 6.08. The first-order chi connectivity index (χ1) is 13.2. The van der Waals surface area contributed by atoms with E-state index < -0.39 is 0 Å². The van der Waals surface area contributed by atoms with E-state index in [9.17, 15) is 10.2 Å². The number of nitrogens with one attached hydrogen (secondary N) is 1. The molecule has 1 unspecified atom stereocenters. The van der Waals surface area contributed by atoms with E-state index in [1.165, 1.54) is 0 Å². The molecule has 27 heavy (non-hydrogen) atoms. The molecule has 0 aliphatic carbocycles. The summed E-state index contributed by atoms with van der Waals surface area (Å²) < 4.78 is 5.87. The van der Waals surface area contributed by atoms with E-state index >= 15 is 0 Å². The molecule has 5 nitrogen and oxygen atoms in total. The van der Waals surface area contributed by atoms with Crippen molar-refractivity contribution in [3.8, 4) is 17.2 Å². The van der Waals surface area contributed by atoms with E-state index in [-0.39, 0.29) is 17.4 Å². The van der Waals surface area contributed by atoms with Gasteiger partial charge in [-0.2, -0.15) is 5.10 Å². The van der Waals surface area contributed by atoms with Crippen molar-refractivity contribution in [1.29, 1.82) is 0 Å². The van der Waals surface area contributed by atoms with Gasteiger partial charge in [0.05, 0.1) is 18.2 Å². The maximum Gasteiger partial charge on any atom is 0.132 e. The number of ether oxygens (including phenoxy) is 1. The molecule has 0 bridgehead atoms. The summed E-state index contributed by atoms with van der Waals surface area (Å²) in [4.78, 5) is 0. The monoisotopic (exact) mass is 360 g/mol. The Balaban J connectivity index is 1.67. The van der Waals surface area contributed by atoms with E-state index in [2.05, 4.69) is 10.5 Å². The van der Waals surface area contributed by atoms with Gasteiger partial charge in [0, 0.05) is 11.6 Å². The van der Waals surface area contributed by atoms with Crippen LogP contribution in [0.2, 0.25) is 0 Å². The molecule has 0 aromatic heterocycles. The Kier molecular flexibility index (Phi) is 4.66. The second-order valence-corrected chi connectivity index (χ2v) is 6.45. The van der Waals surface area contributed by atoms with E-state index in [0.29, 0.717) is 18.9 Å². The predicted molar refractivity (Wildman–Crippen MR) is 104 cm³/mol. The third-order valence-electron chi connectivity index (χ3n) is 4.60. The fourth-order valence-electron chi connectivity index (χ4n) is 3.19. The maximum atomic E-state index is 9.75. The molecule has 4 rings (SSSR count). The minimum atomic E-state index is -0.0779. The molecule has 0 radical (unpaired) electrons. The lowest BCUT2D eigenvalue weighted by atomic mass is 9.88. The fraction of sp³-hybridized carbons (Fsp3) is 0.136. The second kappa shape index (κ2) is 7.41. The highest BCUT2D eigenvalue weighted by Gasteiger charge is 2.29. The molecule has 0 saturated carbocycles. The summed E-state index contributed by atoms with van der Waals surface area (Å²) in [6.07, 6.45) is 0. The molecule has 3 aromatic carbocycles. The van der Waals surface area contributed by atoms with Crippen LogP contribution in [0.25, 0.3) is 0 Å². The smallest absolute Gasteiger partial charge is 0.132 e. The van der Waals surface area contributed by atoms with Crippen molar-refractivity contribution in [3.05, 3.63) is 89.5 Å². The molecule has 5 heteroatoms. The summed E-state index contributed by atoms with van der Waals surface area (Å²) in [7, 11) is 0.